The van der Waals surface area contributed by atoms with Crippen LogP contribution in [-0.4, -0.2) is 17.7 Å². The Morgan fingerprint density at radius 3 is 2.50 bits per heavy atom. The summed E-state index contributed by atoms with van der Waals surface area (Å²) in [5.74, 6) is 0.368. The first-order valence-electron chi connectivity index (χ1n) is 5.84. The zero-order chi connectivity index (χ0) is 12.5. The van der Waals surface area contributed by atoms with Crippen molar-refractivity contribution >= 4 is 11.6 Å². The standard InChI is InChI=1S/C13H20O3/c1-6-11(14)8(3)13-9(4)12(15)7(2)10(5)16-13/h7-8,10H,6H2,1-5H3/t7-,8+,10+/m0/s1. The van der Waals surface area contributed by atoms with Crippen molar-refractivity contribution in [3.05, 3.63) is 11.3 Å². The van der Waals surface area contributed by atoms with Crippen LogP contribution in [0.15, 0.2) is 11.3 Å². The minimum absolute atomic E-state index is 0.101. The van der Waals surface area contributed by atoms with Gasteiger partial charge in [0, 0.05) is 12.0 Å². The molecule has 3 nitrogen and oxygen atoms in total. The third-order valence-electron chi connectivity index (χ3n) is 3.39. The van der Waals surface area contributed by atoms with Gasteiger partial charge >= 0.3 is 0 Å². The van der Waals surface area contributed by atoms with Gasteiger partial charge in [-0.25, -0.2) is 0 Å². The molecule has 0 fully saturated rings. The lowest BCUT2D eigenvalue weighted by molar-refractivity contribution is -0.127. The second-order valence-electron chi connectivity index (χ2n) is 4.51. The molecule has 0 aromatic carbocycles. The molecule has 1 rings (SSSR count). The maximum absolute atomic E-state index is 11.9. The van der Waals surface area contributed by atoms with Crippen molar-refractivity contribution in [3.63, 3.8) is 0 Å². The number of rotatable bonds is 3. The predicted molar refractivity (Wildman–Crippen MR) is 61.9 cm³/mol. The molecule has 16 heavy (non-hydrogen) atoms. The molecule has 3 heteroatoms. The van der Waals surface area contributed by atoms with E-state index in [1.165, 1.54) is 0 Å². The van der Waals surface area contributed by atoms with Crippen molar-refractivity contribution < 1.29 is 14.3 Å². The molecule has 0 saturated heterocycles. The van der Waals surface area contributed by atoms with Crippen LogP contribution in [0.25, 0.3) is 0 Å². The summed E-state index contributed by atoms with van der Waals surface area (Å²) in [6.07, 6.45) is 0.331. The Labute approximate surface area is 96.9 Å². The van der Waals surface area contributed by atoms with Crippen molar-refractivity contribution in [1.29, 1.82) is 0 Å². The molecule has 0 unspecified atom stereocenters. The van der Waals surface area contributed by atoms with Crippen LogP contribution in [0.4, 0.5) is 0 Å². The normalized spacial score (nSPS) is 27.7. The van der Waals surface area contributed by atoms with Crippen LogP contribution >= 0.6 is 0 Å². The zero-order valence-electron chi connectivity index (χ0n) is 10.7. The fourth-order valence-electron chi connectivity index (χ4n) is 1.95. The Bertz CT molecular complexity index is 341. The van der Waals surface area contributed by atoms with Crippen LogP contribution in [0.2, 0.25) is 0 Å². The van der Waals surface area contributed by atoms with Gasteiger partial charge < -0.3 is 4.74 Å². The second-order valence-corrected chi connectivity index (χ2v) is 4.51. The highest BCUT2D eigenvalue weighted by Gasteiger charge is 2.34. The van der Waals surface area contributed by atoms with E-state index in [9.17, 15) is 9.59 Å². The Kier molecular flexibility index (Phi) is 3.89. The molecule has 0 saturated carbocycles. The van der Waals surface area contributed by atoms with Crippen LogP contribution in [0.1, 0.15) is 41.0 Å². The topological polar surface area (TPSA) is 43.4 Å². The molecule has 1 heterocycles. The van der Waals surface area contributed by atoms with Gasteiger partial charge in [-0.05, 0) is 20.8 Å². The van der Waals surface area contributed by atoms with Crippen molar-refractivity contribution in [2.45, 2.75) is 47.1 Å². The van der Waals surface area contributed by atoms with Gasteiger partial charge in [0.1, 0.15) is 17.6 Å². The SMILES string of the molecule is CCC(=O)[C@@H](C)C1=C(C)C(=O)[C@@H](C)[C@@H](C)O1. The summed E-state index contributed by atoms with van der Waals surface area (Å²) < 4.78 is 5.70. The van der Waals surface area contributed by atoms with Gasteiger partial charge in [0.25, 0.3) is 0 Å². The van der Waals surface area contributed by atoms with Gasteiger partial charge in [0.2, 0.25) is 0 Å². The van der Waals surface area contributed by atoms with Crippen molar-refractivity contribution in [2.24, 2.45) is 11.8 Å². The van der Waals surface area contributed by atoms with Gasteiger partial charge in [-0.2, -0.15) is 0 Å². The molecule has 3 atom stereocenters. The molecule has 0 aliphatic carbocycles. The fourth-order valence-corrected chi connectivity index (χ4v) is 1.95. The van der Waals surface area contributed by atoms with Gasteiger partial charge in [-0.1, -0.05) is 13.8 Å². The largest absolute Gasteiger partial charge is 0.493 e. The molecule has 0 bridgehead atoms. The molecular formula is C13H20O3. The molecule has 1 aliphatic heterocycles. The van der Waals surface area contributed by atoms with E-state index in [2.05, 4.69) is 0 Å². The minimum Gasteiger partial charge on any atom is -0.493 e. The van der Waals surface area contributed by atoms with Crippen LogP contribution in [0, 0.1) is 11.8 Å². The van der Waals surface area contributed by atoms with E-state index >= 15 is 0 Å². The summed E-state index contributed by atoms with van der Waals surface area (Å²) in [7, 11) is 0. The van der Waals surface area contributed by atoms with Gasteiger partial charge in [0.05, 0.1) is 11.8 Å². The first-order valence-corrected chi connectivity index (χ1v) is 5.84. The lowest BCUT2D eigenvalue weighted by Crippen LogP contribution is -2.35. The molecule has 0 amide bonds. The average Bonchev–Trinajstić information content (AvgIpc) is 2.29. The third kappa shape index (κ3) is 2.18. The summed E-state index contributed by atoms with van der Waals surface area (Å²) >= 11 is 0. The first kappa shape index (κ1) is 12.9. The smallest absolute Gasteiger partial charge is 0.168 e. The summed E-state index contributed by atoms with van der Waals surface area (Å²) in [4.78, 5) is 23.5. The highest BCUT2D eigenvalue weighted by molar-refractivity contribution is 5.99. The van der Waals surface area contributed by atoms with Gasteiger partial charge in [0.15, 0.2) is 5.78 Å². The van der Waals surface area contributed by atoms with Crippen LogP contribution in [-0.2, 0) is 14.3 Å². The Morgan fingerprint density at radius 2 is 2.00 bits per heavy atom. The Morgan fingerprint density at radius 1 is 1.44 bits per heavy atom. The van der Waals surface area contributed by atoms with Crippen molar-refractivity contribution in [2.75, 3.05) is 0 Å². The summed E-state index contributed by atoms with van der Waals surface area (Å²) in [6, 6.07) is 0. The van der Waals surface area contributed by atoms with E-state index in [0.29, 0.717) is 17.8 Å². The van der Waals surface area contributed by atoms with E-state index < -0.39 is 0 Å². The van der Waals surface area contributed by atoms with E-state index in [-0.39, 0.29) is 29.5 Å². The summed E-state index contributed by atoms with van der Waals surface area (Å²) in [6.45, 7) is 9.11. The maximum atomic E-state index is 11.9. The number of ketones is 2. The van der Waals surface area contributed by atoms with Crippen LogP contribution < -0.4 is 0 Å². The zero-order valence-corrected chi connectivity index (χ0v) is 10.7. The number of hydrogen-bond acceptors (Lipinski definition) is 3. The maximum Gasteiger partial charge on any atom is 0.168 e. The molecule has 0 aromatic heterocycles. The lowest BCUT2D eigenvalue weighted by Gasteiger charge is -2.31. The lowest BCUT2D eigenvalue weighted by atomic mass is 9.88. The van der Waals surface area contributed by atoms with Gasteiger partial charge in [-0.3, -0.25) is 9.59 Å². The number of hydrogen-bond donors (Lipinski definition) is 0. The summed E-state index contributed by atoms with van der Waals surface area (Å²) in [5.41, 5.74) is 0.611. The van der Waals surface area contributed by atoms with Crippen molar-refractivity contribution in [1.82, 2.24) is 0 Å². The third-order valence-corrected chi connectivity index (χ3v) is 3.39. The molecule has 90 valence electrons. The average molecular weight is 224 g/mol. The summed E-state index contributed by atoms with van der Waals surface area (Å²) in [5, 5.41) is 0. The number of carbonyl (C=O) groups is 2. The minimum atomic E-state index is -0.302. The van der Waals surface area contributed by atoms with E-state index in [1.807, 2.05) is 20.8 Å². The molecular weight excluding hydrogens is 204 g/mol. The number of carbonyl (C=O) groups excluding carboxylic acids is 2. The van der Waals surface area contributed by atoms with Crippen LogP contribution in [0.3, 0.4) is 0 Å². The molecule has 0 aromatic rings. The van der Waals surface area contributed by atoms with E-state index in [4.69, 9.17) is 4.74 Å². The fraction of sp³-hybridized carbons (Fsp3) is 0.692. The Balaban J connectivity index is 3.03. The molecule has 0 N–H and O–H groups in total. The van der Waals surface area contributed by atoms with Gasteiger partial charge in [-0.15, -0.1) is 0 Å². The van der Waals surface area contributed by atoms with E-state index in [0.717, 1.165) is 0 Å². The highest BCUT2D eigenvalue weighted by Crippen LogP contribution is 2.30. The first-order chi connectivity index (χ1) is 7.40. The monoisotopic (exact) mass is 224 g/mol. The predicted octanol–water partition coefficient (Wildman–Crippen LogP) is 2.50. The highest BCUT2D eigenvalue weighted by atomic mass is 16.5. The Hall–Kier alpha value is -1.12. The van der Waals surface area contributed by atoms with Crippen molar-refractivity contribution in [3.8, 4) is 0 Å². The van der Waals surface area contributed by atoms with E-state index in [1.54, 1.807) is 13.8 Å². The molecule has 0 spiro atoms. The van der Waals surface area contributed by atoms with Crippen LogP contribution in [0.5, 0.6) is 0 Å². The molecule has 0 radical (unpaired) electrons. The molecule has 1 aliphatic rings. The number of ether oxygens (including phenoxy) is 1. The second kappa shape index (κ2) is 4.81. The number of allylic oxidation sites excluding steroid dienone is 2. The number of Topliss-reactive ketones (excluding diaryl/α,β-unsaturated/α-hetero) is 2. The quantitative estimate of drug-likeness (QED) is 0.739.